The van der Waals surface area contributed by atoms with Gasteiger partial charge in [0.25, 0.3) is 0 Å². The molecule has 1 aromatic rings. The molecule has 0 spiro atoms. The van der Waals surface area contributed by atoms with E-state index in [-0.39, 0.29) is 5.82 Å². The van der Waals surface area contributed by atoms with Gasteiger partial charge in [-0.2, -0.15) is 0 Å². The zero-order valence-corrected chi connectivity index (χ0v) is 10.7. The number of hydrogen-bond acceptors (Lipinski definition) is 3. The van der Waals surface area contributed by atoms with Crippen LogP contribution in [0, 0.1) is 11.2 Å². The molecule has 1 aliphatic heterocycles. The quantitative estimate of drug-likeness (QED) is 0.863. The molecule has 2 atom stereocenters. The molecule has 18 heavy (non-hydrogen) atoms. The highest BCUT2D eigenvalue weighted by Crippen LogP contribution is 2.44. The maximum absolute atomic E-state index is 13.3. The minimum Gasteiger partial charge on any atom is -0.385 e. The van der Waals surface area contributed by atoms with Crippen molar-refractivity contribution in [2.45, 2.75) is 25.4 Å². The van der Waals surface area contributed by atoms with E-state index in [1.54, 1.807) is 19.1 Å². The minimum atomic E-state index is -1.19. The molecule has 0 amide bonds. The molecule has 2 rings (SSSR count). The smallest absolute Gasteiger partial charge is 0.123 e. The summed E-state index contributed by atoms with van der Waals surface area (Å²) in [5.41, 5.74) is 4.69. The van der Waals surface area contributed by atoms with E-state index in [1.807, 2.05) is 0 Å². The van der Waals surface area contributed by atoms with Gasteiger partial charge in [-0.05, 0) is 37.5 Å². The molecular formula is C14H20FNO2. The maximum Gasteiger partial charge on any atom is 0.123 e. The topological polar surface area (TPSA) is 55.5 Å². The standard InChI is InChI=1S/C14H20FNO2/c1-13(17,11-4-2-5-12(15)8-11)14(9-16)6-3-7-18-10-14/h2,4-5,8,17H,3,6-7,9-10,16H2,1H3. The third-order valence-electron chi connectivity index (χ3n) is 4.13. The number of aliphatic hydroxyl groups is 1. The maximum atomic E-state index is 13.3. The van der Waals surface area contributed by atoms with Gasteiger partial charge in [-0.15, -0.1) is 0 Å². The van der Waals surface area contributed by atoms with E-state index in [0.29, 0.717) is 25.3 Å². The van der Waals surface area contributed by atoms with E-state index in [9.17, 15) is 9.50 Å². The summed E-state index contributed by atoms with van der Waals surface area (Å²) < 4.78 is 18.8. The van der Waals surface area contributed by atoms with Crippen LogP contribution in [0.25, 0.3) is 0 Å². The number of benzene rings is 1. The molecule has 1 fully saturated rings. The molecule has 0 aliphatic carbocycles. The lowest BCUT2D eigenvalue weighted by Gasteiger charge is -2.47. The molecule has 0 saturated carbocycles. The SMILES string of the molecule is CC(O)(c1cccc(F)c1)C1(CN)CCCOC1. The molecule has 2 unspecified atom stereocenters. The highest BCUT2D eigenvalue weighted by Gasteiger charge is 2.48. The Bertz CT molecular complexity index is 414. The Kier molecular flexibility index (Phi) is 3.71. The largest absolute Gasteiger partial charge is 0.385 e. The van der Waals surface area contributed by atoms with Gasteiger partial charge in [0.15, 0.2) is 0 Å². The van der Waals surface area contributed by atoms with E-state index in [1.165, 1.54) is 12.1 Å². The van der Waals surface area contributed by atoms with Crippen molar-refractivity contribution in [3.8, 4) is 0 Å². The molecule has 3 N–H and O–H groups in total. The first kappa shape index (κ1) is 13.5. The van der Waals surface area contributed by atoms with Gasteiger partial charge in [-0.1, -0.05) is 12.1 Å². The van der Waals surface area contributed by atoms with Gasteiger partial charge in [0, 0.05) is 18.6 Å². The number of rotatable bonds is 3. The molecule has 1 aromatic carbocycles. The Labute approximate surface area is 107 Å². The van der Waals surface area contributed by atoms with Gasteiger partial charge in [0.05, 0.1) is 12.2 Å². The van der Waals surface area contributed by atoms with E-state index in [0.717, 1.165) is 12.8 Å². The average Bonchev–Trinajstić information content (AvgIpc) is 2.39. The van der Waals surface area contributed by atoms with E-state index < -0.39 is 11.0 Å². The summed E-state index contributed by atoms with van der Waals surface area (Å²) in [5.74, 6) is -0.350. The van der Waals surface area contributed by atoms with Crippen LogP contribution in [-0.2, 0) is 10.3 Å². The predicted molar refractivity (Wildman–Crippen MR) is 67.5 cm³/mol. The molecule has 0 aromatic heterocycles. The summed E-state index contributed by atoms with van der Waals surface area (Å²) in [6.07, 6.45) is 1.65. The van der Waals surface area contributed by atoms with Crippen molar-refractivity contribution in [3.05, 3.63) is 35.6 Å². The Morgan fingerprint density at radius 1 is 1.56 bits per heavy atom. The molecule has 1 saturated heterocycles. The second-order valence-electron chi connectivity index (χ2n) is 5.22. The van der Waals surface area contributed by atoms with Crippen LogP contribution in [0.4, 0.5) is 4.39 Å². The van der Waals surface area contributed by atoms with Crippen molar-refractivity contribution >= 4 is 0 Å². The summed E-state index contributed by atoms with van der Waals surface area (Å²) in [6, 6.07) is 6.07. The second kappa shape index (κ2) is 4.96. The molecule has 1 aliphatic rings. The van der Waals surface area contributed by atoms with Crippen LogP contribution < -0.4 is 5.73 Å². The Hall–Kier alpha value is -0.970. The zero-order valence-electron chi connectivity index (χ0n) is 10.7. The summed E-state index contributed by atoms with van der Waals surface area (Å²) in [4.78, 5) is 0. The first-order chi connectivity index (χ1) is 8.52. The lowest BCUT2D eigenvalue weighted by molar-refractivity contribution is -0.139. The number of nitrogens with two attached hydrogens (primary N) is 1. The predicted octanol–water partition coefficient (Wildman–Crippen LogP) is 1.79. The third-order valence-corrected chi connectivity index (χ3v) is 4.13. The van der Waals surface area contributed by atoms with Crippen LogP contribution >= 0.6 is 0 Å². The molecule has 0 radical (unpaired) electrons. The summed E-state index contributed by atoms with van der Waals surface area (Å²) in [6.45, 7) is 3.12. The van der Waals surface area contributed by atoms with Gasteiger partial charge in [0.2, 0.25) is 0 Å². The fourth-order valence-electron chi connectivity index (χ4n) is 2.69. The van der Waals surface area contributed by atoms with Crippen LogP contribution in [0.2, 0.25) is 0 Å². The lowest BCUT2D eigenvalue weighted by Crippen LogP contribution is -2.53. The van der Waals surface area contributed by atoms with Gasteiger partial charge in [-0.3, -0.25) is 0 Å². The van der Waals surface area contributed by atoms with Crippen LogP contribution in [0.15, 0.2) is 24.3 Å². The van der Waals surface area contributed by atoms with Crippen molar-refractivity contribution < 1.29 is 14.2 Å². The lowest BCUT2D eigenvalue weighted by atomic mass is 9.66. The molecular weight excluding hydrogens is 233 g/mol. The van der Waals surface area contributed by atoms with Crippen LogP contribution in [-0.4, -0.2) is 24.9 Å². The van der Waals surface area contributed by atoms with Crippen molar-refractivity contribution in [2.24, 2.45) is 11.1 Å². The highest BCUT2D eigenvalue weighted by atomic mass is 19.1. The van der Waals surface area contributed by atoms with Crippen molar-refractivity contribution in [1.82, 2.24) is 0 Å². The second-order valence-corrected chi connectivity index (χ2v) is 5.22. The third kappa shape index (κ3) is 2.16. The average molecular weight is 253 g/mol. The van der Waals surface area contributed by atoms with Gasteiger partial charge >= 0.3 is 0 Å². The first-order valence-electron chi connectivity index (χ1n) is 6.28. The highest BCUT2D eigenvalue weighted by molar-refractivity contribution is 5.26. The monoisotopic (exact) mass is 253 g/mol. The minimum absolute atomic E-state index is 0.316. The molecule has 4 heteroatoms. The molecule has 100 valence electrons. The van der Waals surface area contributed by atoms with E-state index in [2.05, 4.69) is 0 Å². The Balaban J connectivity index is 2.38. The van der Waals surface area contributed by atoms with E-state index in [4.69, 9.17) is 10.5 Å². The summed E-state index contributed by atoms with van der Waals surface area (Å²) in [5, 5.41) is 10.9. The van der Waals surface area contributed by atoms with E-state index >= 15 is 0 Å². The fourth-order valence-corrected chi connectivity index (χ4v) is 2.69. The van der Waals surface area contributed by atoms with Crippen molar-refractivity contribution in [2.75, 3.05) is 19.8 Å². The van der Waals surface area contributed by atoms with Gasteiger partial charge < -0.3 is 15.6 Å². The van der Waals surface area contributed by atoms with Gasteiger partial charge in [0.1, 0.15) is 5.82 Å². The molecule has 1 heterocycles. The number of ether oxygens (including phenoxy) is 1. The fraction of sp³-hybridized carbons (Fsp3) is 0.571. The summed E-state index contributed by atoms with van der Waals surface area (Å²) >= 11 is 0. The van der Waals surface area contributed by atoms with Gasteiger partial charge in [-0.25, -0.2) is 4.39 Å². The summed E-state index contributed by atoms with van der Waals surface area (Å²) in [7, 11) is 0. The van der Waals surface area contributed by atoms with Crippen molar-refractivity contribution in [3.63, 3.8) is 0 Å². The zero-order chi connectivity index (χ0) is 13.2. The molecule has 0 bridgehead atoms. The van der Waals surface area contributed by atoms with Crippen LogP contribution in [0.3, 0.4) is 0 Å². The number of hydrogen-bond donors (Lipinski definition) is 2. The molecule has 3 nitrogen and oxygen atoms in total. The first-order valence-corrected chi connectivity index (χ1v) is 6.28. The van der Waals surface area contributed by atoms with Crippen molar-refractivity contribution in [1.29, 1.82) is 0 Å². The Morgan fingerprint density at radius 3 is 2.89 bits per heavy atom. The normalized spacial score (nSPS) is 27.8. The van der Waals surface area contributed by atoms with Crippen LogP contribution in [0.1, 0.15) is 25.3 Å². The van der Waals surface area contributed by atoms with Crippen LogP contribution in [0.5, 0.6) is 0 Å². The number of halogens is 1. The Morgan fingerprint density at radius 2 is 2.33 bits per heavy atom.